The summed E-state index contributed by atoms with van der Waals surface area (Å²) in [5, 5.41) is 13.7. The quantitative estimate of drug-likeness (QED) is 0.235. The van der Waals surface area contributed by atoms with Crippen LogP contribution in [0, 0.1) is 5.41 Å². The molecule has 0 aromatic carbocycles. The predicted molar refractivity (Wildman–Crippen MR) is 63.3 cm³/mol. The summed E-state index contributed by atoms with van der Waals surface area (Å²) in [6, 6.07) is 0. The molecule has 0 aliphatic carbocycles. The van der Waals surface area contributed by atoms with Gasteiger partial charge in [-0.05, 0) is 25.1 Å². The molecular formula is C7H16N4S2. The Morgan fingerprint density at radius 3 is 2.77 bits per heavy atom. The Hall–Kier alpha value is -0.490. The van der Waals surface area contributed by atoms with E-state index in [0.29, 0.717) is 5.11 Å². The van der Waals surface area contributed by atoms with Crippen LogP contribution in [0.15, 0.2) is 0 Å². The highest BCUT2D eigenvalue weighted by Gasteiger charge is 1.93. The second kappa shape index (κ2) is 8.12. The first-order valence-corrected chi connectivity index (χ1v) is 5.48. The Morgan fingerprint density at radius 2 is 2.23 bits per heavy atom. The predicted octanol–water partition coefficient (Wildman–Crippen LogP) is 0.487. The minimum atomic E-state index is 0.193. The zero-order chi connectivity index (χ0) is 10.1. The monoisotopic (exact) mass is 220 g/mol. The first-order chi connectivity index (χ1) is 6.16. The fourth-order valence-electron chi connectivity index (χ4n) is 0.699. The molecule has 0 bridgehead atoms. The number of thiocarbonyl (C=S) groups is 1. The molecule has 0 atom stereocenters. The smallest absolute Gasteiger partial charge is 0.166 e. The second-order valence-corrected chi connectivity index (χ2v) is 3.97. The zero-order valence-corrected chi connectivity index (χ0v) is 9.36. The third kappa shape index (κ3) is 9.42. The van der Waals surface area contributed by atoms with Crippen molar-refractivity contribution in [3.8, 4) is 0 Å². The van der Waals surface area contributed by atoms with Crippen LogP contribution in [-0.4, -0.2) is 29.6 Å². The summed E-state index contributed by atoms with van der Waals surface area (Å²) in [5.41, 5.74) is 5.18. The van der Waals surface area contributed by atoms with Crippen molar-refractivity contribution in [2.24, 2.45) is 5.73 Å². The van der Waals surface area contributed by atoms with Gasteiger partial charge < -0.3 is 16.4 Å². The lowest BCUT2D eigenvalue weighted by Crippen LogP contribution is -2.33. The summed E-state index contributed by atoms with van der Waals surface area (Å²) in [4.78, 5) is 0. The van der Waals surface area contributed by atoms with Crippen LogP contribution in [0.5, 0.6) is 0 Å². The molecule has 0 fully saturated rings. The largest absolute Gasteiger partial charge is 0.379 e. The van der Waals surface area contributed by atoms with Gasteiger partial charge in [-0.2, -0.15) is 0 Å². The molecule has 0 saturated carbocycles. The van der Waals surface area contributed by atoms with Gasteiger partial charge in [0.1, 0.15) is 0 Å². The number of nitrogens with one attached hydrogen (secondary N) is 3. The number of thioether (sulfide) groups is 1. The van der Waals surface area contributed by atoms with E-state index in [-0.39, 0.29) is 5.17 Å². The van der Waals surface area contributed by atoms with Crippen molar-refractivity contribution >= 4 is 34.3 Å². The van der Waals surface area contributed by atoms with Gasteiger partial charge >= 0.3 is 0 Å². The topological polar surface area (TPSA) is 73.9 Å². The van der Waals surface area contributed by atoms with Gasteiger partial charge in [0, 0.05) is 19.3 Å². The summed E-state index contributed by atoms with van der Waals surface area (Å²) in [6.45, 7) is 0.873. The summed E-state index contributed by atoms with van der Waals surface area (Å²) in [6.07, 6.45) is 2.09. The third-order valence-corrected chi connectivity index (χ3v) is 2.49. The maximum absolute atomic E-state index is 6.97. The summed E-state index contributed by atoms with van der Waals surface area (Å²) in [7, 11) is 1.79. The van der Waals surface area contributed by atoms with Crippen LogP contribution < -0.4 is 16.4 Å². The van der Waals surface area contributed by atoms with E-state index in [1.165, 1.54) is 11.8 Å². The van der Waals surface area contributed by atoms with E-state index in [1.54, 1.807) is 7.05 Å². The normalized spacial score (nSPS) is 9.31. The van der Waals surface area contributed by atoms with Gasteiger partial charge in [-0.15, -0.1) is 0 Å². The maximum Gasteiger partial charge on any atom is 0.166 e. The Labute approximate surface area is 88.5 Å². The van der Waals surface area contributed by atoms with E-state index < -0.39 is 0 Å². The standard InChI is InChI=1S/C7H16N4S2/c1-10-7(12)11-4-2-3-5-13-6(8)9/h2-5H2,1H3,(H3,8,9)(H2,10,11,12). The number of hydrogen-bond donors (Lipinski definition) is 4. The summed E-state index contributed by atoms with van der Waals surface area (Å²) < 4.78 is 0. The van der Waals surface area contributed by atoms with Crippen molar-refractivity contribution in [1.29, 1.82) is 5.41 Å². The van der Waals surface area contributed by atoms with E-state index in [1.807, 2.05) is 0 Å². The lowest BCUT2D eigenvalue weighted by Gasteiger charge is -2.05. The molecule has 76 valence electrons. The molecule has 0 amide bonds. The van der Waals surface area contributed by atoms with E-state index in [2.05, 4.69) is 10.6 Å². The number of unbranched alkanes of at least 4 members (excludes halogenated alkanes) is 1. The SMILES string of the molecule is CNC(=S)NCCCCSC(=N)N. The molecule has 0 rings (SSSR count). The van der Waals surface area contributed by atoms with Gasteiger partial charge in [-0.3, -0.25) is 5.41 Å². The highest BCUT2D eigenvalue weighted by atomic mass is 32.2. The highest BCUT2D eigenvalue weighted by Crippen LogP contribution is 2.01. The molecule has 0 aliphatic heterocycles. The van der Waals surface area contributed by atoms with Crippen molar-refractivity contribution in [3.05, 3.63) is 0 Å². The van der Waals surface area contributed by atoms with Crippen LogP contribution in [0.3, 0.4) is 0 Å². The van der Waals surface area contributed by atoms with Crippen LogP contribution in [0.2, 0.25) is 0 Å². The molecule has 0 heterocycles. The molecule has 4 nitrogen and oxygen atoms in total. The molecule has 0 aromatic heterocycles. The molecule has 0 spiro atoms. The third-order valence-electron chi connectivity index (χ3n) is 1.34. The van der Waals surface area contributed by atoms with Gasteiger partial charge in [-0.25, -0.2) is 0 Å². The summed E-state index contributed by atoms with van der Waals surface area (Å²) in [5.74, 6) is 0.906. The fraction of sp³-hybridized carbons (Fsp3) is 0.714. The highest BCUT2D eigenvalue weighted by molar-refractivity contribution is 8.13. The molecule has 13 heavy (non-hydrogen) atoms. The Bertz CT molecular complexity index is 172. The Balaban J connectivity index is 3.08. The average molecular weight is 220 g/mol. The van der Waals surface area contributed by atoms with Crippen molar-refractivity contribution < 1.29 is 0 Å². The zero-order valence-electron chi connectivity index (χ0n) is 7.72. The van der Waals surface area contributed by atoms with Gasteiger partial charge in [-0.1, -0.05) is 11.8 Å². The van der Waals surface area contributed by atoms with E-state index >= 15 is 0 Å². The van der Waals surface area contributed by atoms with Crippen LogP contribution in [0.4, 0.5) is 0 Å². The molecular weight excluding hydrogens is 204 g/mol. The van der Waals surface area contributed by atoms with Crippen LogP contribution in [-0.2, 0) is 0 Å². The van der Waals surface area contributed by atoms with Gasteiger partial charge in [0.15, 0.2) is 10.3 Å². The molecule has 0 unspecified atom stereocenters. The molecule has 6 heteroatoms. The number of nitrogens with two attached hydrogens (primary N) is 1. The van der Waals surface area contributed by atoms with Crippen LogP contribution in [0.25, 0.3) is 0 Å². The average Bonchev–Trinajstić information content (AvgIpc) is 2.10. The molecule has 0 radical (unpaired) electrons. The van der Waals surface area contributed by atoms with Crippen molar-refractivity contribution in [1.82, 2.24) is 10.6 Å². The van der Waals surface area contributed by atoms with Crippen LogP contribution in [0.1, 0.15) is 12.8 Å². The van der Waals surface area contributed by atoms with E-state index in [9.17, 15) is 0 Å². The lowest BCUT2D eigenvalue weighted by molar-refractivity contribution is 0.755. The maximum atomic E-state index is 6.97. The van der Waals surface area contributed by atoms with Gasteiger partial charge in [0.25, 0.3) is 0 Å². The van der Waals surface area contributed by atoms with Gasteiger partial charge in [0.2, 0.25) is 0 Å². The number of hydrogen-bond acceptors (Lipinski definition) is 3. The minimum Gasteiger partial charge on any atom is -0.379 e. The fourth-order valence-corrected chi connectivity index (χ4v) is 1.37. The number of amidine groups is 1. The molecule has 0 aliphatic rings. The van der Waals surface area contributed by atoms with Crippen LogP contribution >= 0.6 is 24.0 Å². The Kier molecular flexibility index (Phi) is 7.82. The van der Waals surface area contributed by atoms with E-state index in [4.69, 9.17) is 23.4 Å². The first kappa shape index (κ1) is 12.5. The molecule has 0 saturated heterocycles. The minimum absolute atomic E-state index is 0.193. The summed E-state index contributed by atoms with van der Waals surface area (Å²) >= 11 is 6.27. The lowest BCUT2D eigenvalue weighted by atomic mass is 10.3. The molecule has 5 N–H and O–H groups in total. The Morgan fingerprint density at radius 1 is 1.54 bits per heavy atom. The van der Waals surface area contributed by atoms with Crippen molar-refractivity contribution in [2.45, 2.75) is 12.8 Å². The molecule has 0 aromatic rings. The number of rotatable bonds is 5. The van der Waals surface area contributed by atoms with Crippen molar-refractivity contribution in [3.63, 3.8) is 0 Å². The second-order valence-electron chi connectivity index (χ2n) is 2.43. The first-order valence-electron chi connectivity index (χ1n) is 4.09. The van der Waals surface area contributed by atoms with E-state index in [0.717, 1.165) is 25.1 Å². The van der Waals surface area contributed by atoms with Gasteiger partial charge in [0.05, 0.1) is 0 Å². The van der Waals surface area contributed by atoms with Crippen molar-refractivity contribution in [2.75, 3.05) is 19.3 Å².